The predicted octanol–water partition coefficient (Wildman–Crippen LogP) is 12.8. The van der Waals surface area contributed by atoms with Crippen LogP contribution in [-0.4, -0.2) is 12.3 Å². The number of hydrogen-bond donors (Lipinski definition) is 0. The normalized spacial score (nSPS) is 21.8. The second-order valence-corrected chi connectivity index (χ2v) is 19.6. The van der Waals surface area contributed by atoms with Gasteiger partial charge in [0.1, 0.15) is 11.5 Å². The van der Waals surface area contributed by atoms with Crippen molar-refractivity contribution in [3.05, 3.63) is 169 Å². The Morgan fingerprint density at radius 3 is 1.72 bits per heavy atom. The number of rotatable bonds is 6. The molecule has 4 saturated carbocycles. The highest BCUT2D eigenvalue weighted by molar-refractivity contribution is 6.99. The van der Waals surface area contributed by atoms with E-state index >= 15 is 0 Å². The minimum Gasteiger partial charge on any atom is -0.458 e. The van der Waals surface area contributed by atoms with Crippen LogP contribution in [0.15, 0.2) is 164 Å². The van der Waals surface area contributed by atoms with E-state index < -0.39 is 0 Å². The summed E-state index contributed by atoms with van der Waals surface area (Å²) in [6.45, 7) is 6.88. The minimum atomic E-state index is -0.00626. The summed E-state index contributed by atoms with van der Waals surface area (Å²) in [6, 6.07) is 61.0. The highest BCUT2D eigenvalue weighted by atomic mass is 16.5. The molecule has 2 heterocycles. The van der Waals surface area contributed by atoms with Crippen molar-refractivity contribution in [3.63, 3.8) is 0 Å². The van der Waals surface area contributed by atoms with Gasteiger partial charge in [0.05, 0.1) is 0 Å². The van der Waals surface area contributed by atoms with E-state index in [1.165, 1.54) is 94.1 Å². The number of fused-ring (bicyclic) bond motifs is 4. The molecule has 7 aromatic carbocycles. The first-order valence-corrected chi connectivity index (χ1v) is 22.3. The van der Waals surface area contributed by atoms with Crippen molar-refractivity contribution < 1.29 is 4.74 Å². The van der Waals surface area contributed by atoms with Gasteiger partial charge in [-0.25, -0.2) is 0 Å². The van der Waals surface area contributed by atoms with Gasteiger partial charge in [-0.2, -0.15) is 0 Å². The molecule has 4 fully saturated rings. The molecule has 6 aliphatic rings. The third kappa shape index (κ3) is 5.78. The SMILES string of the molecule is CC(C)(C)c1ccc(-c2cc3c4c(c2)N(C25CC6CC(CC(C6)C2)C5)c2ccc(-c5ccccc5)cc2B4c2cc(N(c4ccccc4)c4ccccc4)ccc2O3)cc1. The van der Waals surface area contributed by atoms with Crippen molar-refractivity contribution in [2.45, 2.75) is 70.3 Å². The average molecular weight is 779 g/mol. The fourth-order valence-electron chi connectivity index (χ4n) is 12.5. The molecule has 4 heteroatoms. The molecule has 0 saturated heterocycles. The van der Waals surface area contributed by atoms with Gasteiger partial charge in [-0.05, 0) is 167 Å². The molecule has 60 heavy (non-hydrogen) atoms. The Bertz CT molecular complexity index is 2680. The lowest BCUT2D eigenvalue weighted by Crippen LogP contribution is -2.66. The van der Waals surface area contributed by atoms with Crippen molar-refractivity contribution in [1.82, 2.24) is 0 Å². The zero-order valence-corrected chi connectivity index (χ0v) is 34.9. The molecule has 0 unspecified atom stereocenters. The van der Waals surface area contributed by atoms with Crippen LogP contribution in [0.5, 0.6) is 11.5 Å². The molecule has 0 N–H and O–H groups in total. The van der Waals surface area contributed by atoms with Gasteiger partial charge in [0.2, 0.25) is 0 Å². The number of hydrogen-bond acceptors (Lipinski definition) is 3. The van der Waals surface area contributed by atoms with E-state index in [1.807, 2.05) is 0 Å². The first-order valence-electron chi connectivity index (χ1n) is 22.3. The van der Waals surface area contributed by atoms with Gasteiger partial charge in [-0.3, -0.25) is 0 Å². The summed E-state index contributed by atoms with van der Waals surface area (Å²) in [5, 5.41) is 0. The second kappa shape index (κ2) is 13.5. The Labute approximate surface area is 355 Å². The summed E-state index contributed by atoms with van der Waals surface area (Å²) >= 11 is 0. The van der Waals surface area contributed by atoms with Crippen LogP contribution in [0.1, 0.15) is 64.9 Å². The number of benzene rings is 7. The van der Waals surface area contributed by atoms with Crippen molar-refractivity contribution in [3.8, 4) is 33.8 Å². The summed E-state index contributed by atoms with van der Waals surface area (Å²) in [6.07, 6.45) is 8.04. The molecule has 0 atom stereocenters. The quantitative estimate of drug-likeness (QED) is 0.156. The van der Waals surface area contributed by atoms with Gasteiger partial charge in [-0.1, -0.05) is 124 Å². The van der Waals surface area contributed by atoms with Crippen LogP contribution in [0, 0.1) is 17.8 Å². The van der Waals surface area contributed by atoms with Crippen molar-refractivity contribution in [2.75, 3.05) is 9.80 Å². The van der Waals surface area contributed by atoms with E-state index in [-0.39, 0.29) is 17.7 Å². The molecule has 4 aliphatic carbocycles. The molecular formula is C56H51BN2O. The molecule has 3 nitrogen and oxygen atoms in total. The lowest BCUT2D eigenvalue weighted by Gasteiger charge is -2.62. The Morgan fingerprint density at radius 2 is 1.10 bits per heavy atom. The fourth-order valence-corrected chi connectivity index (χ4v) is 12.5. The summed E-state index contributed by atoms with van der Waals surface area (Å²) in [4.78, 5) is 5.27. The fraction of sp³-hybridized carbons (Fsp3) is 0.250. The second-order valence-electron chi connectivity index (χ2n) is 19.6. The molecule has 294 valence electrons. The van der Waals surface area contributed by atoms with Crippen molar-refractivity contribution in [1.29, 1.82) is 0 Å². The standard InChI is InChI=1S/C56H51BN2O/c1-55(2,3)44-22-19-41(20-23-44)43-31-51-54-53(32-43)60-52-26-24-47(58(45-15-9-5-10-16-45)46-17-11-6-12-18-46)33-49(52)57(54)48-30-42(40-13-7-4-8-14-40)21-25-50(48)59(51)56-34-37-27-38(35-56)29-39(28-37)36-56/h4-26,30-33,37-39H,27-29,34-36H2,1-3H3. The van der Waals surface area contributed by atoms with Crippen molar-refractivity contribution >= 4 is 51.5 Å². The third-order valence-corrected chi connectivity index (χ3v) is 14.7. The molecule has 4 bridgehead atoms. The van der Waals surface area contributed by atoms with Crippen LogP contribution in [0.25, 0.3) is 22.3 Å². The summed E-state index contributed by atoms with van der Waals surface area (Å²) < 4.78 is 7.26. The van der Waals surface area contributed by atoms with E-state index in [0.29, 0.717) is 0 Å². The number of ether oxygens (including phenoxy) is 1. The van der Waals surface area contributed by atoms with Crippen LogP contribution in [0.3, 0.4) is 0 Å². The third-order valence-electron chi connectivity index (χ3n) is 14.7. The number of nitrogens with zero attached hydrogens (tertiary/aromatic N) is 2. The van der Waals surface area contributed by atoms with Gasteiger partial charge < -0.3 is 14.5 Å². The Hall–Kier alpha value is -6.00. The van der Waals surface area contributed by atoms with Gasteiger partial charge in [-0.15, -0.1) is 0 Å². The summed E-state index contributed by atoms with van der Waals surface area (Å²) in [5.74, 6) is 4.35. The van der Waals surface area contributed by atoms with Crippen LogP contribution in [0.4, 0.5) is 28.4 Å². The largest absolute Gasteiger partial charge is 0.458 e. The van der Waals surface area contributed by atoms with Gasteiger partial charge in [0.25, 0.3) is 6.71 Å². The number of anilines is 5. The maximum atomic E-state index is 7.26. The average Bonchev–Trinajstić information content (AvgIpc) is 3.26. The molecule has 0 amide bonds. The lowest BCUT2D eigenvalue weighted by molar-refractivity contribution is 0.000632. The van der Waals surface area contributed by atoms with E-state index in [2.05, 4.69) is 194 Å². The number of para-hydroxylation sites is 2. The predicted molar refractivity (Wildman–Crippen MR) is 251 cm³/mol. The summed E-state index contributed by atoms with van der Waals surface area (Å²) in [5.41, 5.74) is 16.5. The van der Waals surface area contributed by atoms with Crippen molar-refractivity contribution in [2.24, 2.45) is 17.8 Å². The minimum absolute atomic E-state index is 0.00626. The first-order chi connectivity index (χ1) is 29.3. The van der Waals surface area contributed by atoms with Crippen LogP contribution >= 0.6 is 0 Å². The van der Waals surface area contributed by atoms with Crippen LogP contribution in [-0.2, 0) is 5.41 Å². The van der Waals surface area contributed by atoms with Crippen LogP contribution in [0.2, 0.25) is 0 Å². The topological polar surface area (TPSA) is 15.7 Å². The summed E-state index contributed by atoms with van der Waals surface area (Å²) in [7, 11) is 0. The molecule has 0 radical (unpaired) electrons. The zero-order chi connectivity index (χ0) is 40.2. The lowest BCUT2D eigenvalue weighted by atomic mass is 9.33. The van der Waals surface area contributed by atoms with E-state index in [9.17, 15) is 0 Å². The molecule has 0 aromatic heterocycles. The van der Waals surface area contributed by atoms with E-state index in [0.717, 1.165) is 46.3 Å². The first kappa shape index (κ1) is 35.9. The van der Waals surface area contributed by atoms with E-state index in [1.54, 1.807) is 0 Å². The molecule has 2 aliphatic heterocycles. The molecule has 7 aromatic rings. The Kier molecular flexibility index (Phi) is 8.09. The molecule has 0 spiro atoms. The van der Waals surface area contributed by atoms with Gasteiger partial charge >= 0.3 is 0 Å². The molecular weight excluding hydrogens is 727 g/mol. The Morgan fingerprint density at radius 1 is 0.517 bits per heavy atom. The van der Waals surface area contributed by atoms with Crippen LogP contribution < -0.4 is 30.9 Å². The Balaban J connectivity index is 1.10. The van der Waals surface area contributed by atoms with Gasteiger partial charge in [0, 0.05) is 34.0 Å². The maximum Gasteiger partial charge on any atom is 0.256 e. The van der Waals surface area contributed by atoms with Gasteiger partial charge in [0.15, 0.2) is 0 Å². The monoisotopic (exact) mass is 778 g/mol. The smallest absolute Gasteiger partial charge is 0.256 e. The highest BCUT2D eigenvalue weighted by Crippen LogP contribution is 2.60. The highest BCUT2D eigenvalue weighted by Gasteiger charge is 2.56. The molecule has 13 rings (SSSR count). The zero-order valence-electron chi connectivity index (χ0n) is 34.9. The maximum absolute atomic E-state index is 7.26. The van der Waals surface area contributed by atoms with E-state index in [4.69, 9.17) is 4.74 Å².